The zero-order valence-electron chi connectivity index (χ0n) is 17.4. The summed E-state index contributed by atoms with van der Waals surface area (Å²) in [4.78, 5) is 24.3. The number of hydrogen-bond donors (Lipinski definition) is 1. The maximum absolute atomic E-state index is 13.0. The predicted octanol–water partition coefficient (Wildman–Crippen LogP) is 4.65. The molecule has 2 aromatic carbocycles. The first-order valence-electron chi connectivity index (χ1n) is 9.51. The van der Waals surface area contributed by atoms with Crippen LogP contribution in [0.2, 0.25) is 0 Å². The van der Waals surface area contributed by atoms with E-state index in [1.807, 2.05) is 13.8 Å². The molecule has 0 saturated heterocycles. The van der Waals surface area contributed by atoms with Crippen LogP contribution in [-0.2, 0) is 20.4 Å². The third-order valence-electron chi connectivity index (χ3n) is 4.27. The van der Waals surface area contributed by atoms with E-state index in [1.54, 1.807) is 24.3 Å². The van der Waals surface area contributed by atoms with Gasteiger partial charge in [-0.3, -0.25) is 4.79 Å². The molecule has 0 aliphatic heterocycles. The van der Waals surface area contributed by atoms with Gasteiger partial charge in [0.2, 0.25) is 0 Å². The lowest BCUT2D eigenvalue weighted by molar-refractivity contribution is -0.137. The van der Waals surface area contributed by atoms with Gasteiger partial charge in [0.1, 0.15) is 12.4 Å². The number of halogens is 3. The zero-order valence-corrected chi connectivity index (χ0v) is 17.4. The molecule has 0 fully saturated rings. The van der Waals surface area contributed by atoms with Gasteiger partial charge in [0.05, 0.1) is 23.4 Å². The van der Waals surface area contributed by atoms with Gasteiger partial charge in [-0.2, -0.15) is 13.2 Å². The normalized spacial score (nSPS) is 11.3. The van der Waals surface area contributed by atoms with E-state index >= 15 is 0 Å². The van der Waals surface area contributed by atoms with Crippen LogP contribution in [0.1, 0.15) is 41.3 Å². The average Bonchev–Trinajstić information content (AvgIpc) is 2.72. The van der Waals surface area contributed by atoms with Crippen LogP contribution < -0.4 is 10.1 Å². The molecule has 168 valence electrons. The van der Waals surface area contributed by atoms with Gasteiger partial charge >= 0.3 is 12.1 Å². The summed E-state index contributed by atoms with van der Waals surface area (Å²) in [6, 6.07) is 9.46. The molecule has 0 aliphatic carbocycles. The lowest BCUT2D eigenvalue weighted by Gasteiger charge is -2.15. The van der Waals surface area contributed by atoms with Crippen molar-refractivity contribution in [2.75, 3.05) is 32.2 Å². The minimum atomic E-state index is -4.60. The fourth-order valence-corrected chi connectivity index (χ4v) is 2.57. The number of benzene rings is 2. The molecule has 0 unspecified atom stereocenters. The summed E-state index contributed by atoms with van der Waals surface area (Å²) >= 11 is 0. The first kappa shape index (κ1) is 24.2. The lowest BCUT2D eigenvalue weighted by atomic mass is 10.0. The molecule has 1 amide bonds. The largest absolute Gasteiger partial charge is 0.489 e. The summed E-state index contributed by atoms with van der Waals surface area (Å²) in [5, 5.41) is 2.30. The van der Waals surface area contributed by atoms with E-state index in [0.717, 1.165) is 23.8 Å². The van der Waals surface area contributed by atoms with Gasteiger partial charge in [-0.25, -0.2) is 4.79 Å². The number of methoxy groups -OCH3 is 1. The third kappa shape index (κ3) is 7.29. The van der Waals surface area contributed by atoms with Crippen molar-refractivity contribution in [1.29, 1.82) is 0 Å². The zero-order chi connectivity index (χ0) is 23.0. The molecule has 0 radical (unpaired) electrons. The molecule has 31 heavy (non-hydrogen) atoms. The van der Waals surface area contributed by atoms with Crippen molar-refractivity contribution in [3.05, 3.63) is 59.2 Å². The van der Waals surface area contributed by atoms with Crippen molar-refractivity contribution in [1.82, 2.24) is 0 Å². The van der Waals surface area contributed by atoms with Crippen LogP contribution in [0.5, 0.6) is 5.75 Å². The first-order valence-corrected chi connectivity index (χ1v) is 9.51. The quantitative estimate of drug-likeness (QED) is 0.455. The fourth-order valence-electron chi connectivity index (χ4n) is 2.57. The standard InChI is InChI=1S/C22H24F3NO5/c1-14(2)15-4-6-16(7-5-15)21(28)31-13-20(27)26-18-12-17(22(23,24)25)8-9-19(18)30-11-10-29-3/h4-9,12,14H,10-11,13H2,1-3H3,(H,26,27). The smallest absolute Gasteiger partial charge is 0.416 e. The van der Waals surface area contributed by atoms with E-state index in [-0.39, 0.29) is 30.2 Å². The second kappa shape index (κ2) is 10.8. The number of nitrogens with one attached hydrogen (secondary N) is 1. The van der Waals surface area contributed by atoms with Crippen LogP contribution in [0.15, 0.2) is 42.5 Å². The summed E-state index contributed by atoms with van der Waals surface area (Å²) in [5.41, 5.74) is 0.164. The number of esters is 1. The van der Waals surface area contributed by atoms with Crippen molar-refractivity contribution in [3.8, 4) is 5.75 Å². The van der Waals surface area contributed by atoms with Crippen molar-refractivity contribution >= 4 is 17.6 Å². The van der Waals surface area contributed by atoms with Crippen LogP contribution in [0, 0.1) is 0 Å². The SMILES string of the molecule is COCCOc1ccc(C(F)(F)F)cc1NC(=O)COC(=O)c1ccc(C(C)C)cc1. The first-order chi connectivity index (χ1) is 14.6. The molecular weight excluding hydrogens is 415 g/mol. The average molecular weight is 439 g/mol. The van der Waals surface area contributed by atoms with Crippen LogP contribution in [0.3, 0.4) is 0 Å². The molecule has 6 nitrogen and oxygen atoms in total. The Morgan fingerprint density at radius 2 is 1.71 bits per heavy atom. The Balaban J connectivity index is 2.04. The molecule has 1 N–H and O–H groups in total. The molecule has 0 saturated carbocycles. The van der Waals surface area contributed by atoms with Gasteiger partial charge in [-0.15, -0.1) is 0 Å². The predicted molar refractivity (Wildman–Crippen MR) is 108 cm³/mol. The van der Waals surface area contributed by atoms with Gasteiger partial charge in [0.25, 0.3) is 5.91 Å². The Bertz CT molecular complexity index is 895. The highest BCUT2D eigenvalue weighted by molar-refractivity contribution is 5.96. The van der Waals surface area contributed by atoms with Crippen LogP contribution >= 0.6 is 0 Å². The number of carbonyl (C=O) groups is 2. The monoisotopic (exact) mass is 439 g/mol. The highest BCUT2D eigenvalue weighted by Crippen LogP contribution is 2.35. The summed E-state index contributed by atoms with van der Waals surface area (Å²) < 4.78 is 54.2. The van der Waals surface area contributed by atoms with Crippen LogP contribution in [0.25, 0.3) is 0 Å². The minimum absolute atomic E-state index is 0.0361. The van der Waals surface area contributed by atoms with Crippen molar-refractivity contribution in [2.45, 2.75) is 25.9 Å². The summed E-state index contributed by atoms with van der Waals surface area (Å²) in [6.07, 6.45) is -4.60. The number of carbonyl (C=O) groups excluding carboxylic acids is 2. The Morgan fingerprint density at radius 3 is 2.29 bits per heavy atom. The van der Waals surface area contributed by atoms with Gasteiger partial charge in [0.15, 0.2) is 6.61 Å². The van der Waals surface area contributed by atoms with E-state index in [2.05, 4.69) is 5.32 Å². The molecule has 0 spiro atoms. The Kier molecular flexibility index (Phi) is 8.44. The molecule has 0 bridgehead atoms. The molecule has 0 heterocycles. The van der Waals surface area contributed by atoms with Crippen LogP contribution in [-0.4, -0.2) is 38.8 Å². The maximum atomic E-state index is 13.0. The van der Waals surface area contributed by atoms with Crippen LogP contribution in [0.4, 0.5) is 18.9 Å². The topological polar surface area (TPSA) is 73.9 Å². The summed E-state index contributed by atoms with van der Waals surface area (Å²) in [6.45, 7) is 3.64. The minimum Gasteiger partial charge on any atom is -0.489 e. The second-order valence-electron chi connectivity index (χ2n) is 6.95. The van der Waals surface area contributed by atoms with Gasteiger partial charge in [0, 0.05) is 7.11 Å². The number of alkyl halides is 3. The van der Waals surface area contributed by atoms with Gasteiger partial charge in [-0.05, 0) is 41.8 Å². The molecule has 9 heteroatoms. The molecule has 0 aliphatic rings. The van der Waals surface area contributed by atoms with Crippen molar-refractivity contribution in [2.24, 2.45) is 0 Å². The van der Waals surface area contributed by atoms with E-state index in [1.165, 1.54) is 7.11 Å². The summed E-state index contributed by atoms with van der Waals surface area (Å²) in [5.74, 6) is -1.19. The maximum Gasteiger partial charge on any atom is 0.416 e. The van der Waals surface area contributed by atoms with Gasteiger partial charge < -0.3 is 19.5 Å². The lowest BCUT2D eigenvalue weighted by Crippen LogP contribution is -2.22. The van der Waals surface area contributed by atoms with Crippen molar-refractivity contribution in [3.63, 3.8) is 0 Å². The number of hydrogen-bond acceptors (Lipinski definition) is 5. The molecule has 2 rings (SSSR count). The molecule has 0 atom stereocenters. The van der Waals surface area contributed by atoms with Gasteiger partial charge in [-0.1, -0.05) is 26.0 Å². The highest BCUT2D eigenvalue weighted by atomic mass is 19.4. The van der Waals surface area contributed by atoms with E-state index in [4.69, 9.17) is 14.2 Å². The third-order valence-corrected chi connectivity index (χ3v) is 4.27. The van der Waals surface area contributed by atoms with E-state index in [9.17, 15) is 22.8 Å². The number of amides is 1. The Labute approximate surface area is 178 Å². The molecule has 0 aromatic heterocycles. The van der Waals surface area contributed by atoms with E-state index < -0.39 is 30.2 Å². The highest BCUT2D eigenvalue weighted by Gasteiger charge is 2.31. The molecule has 2 aromatic rings. The Morgan fingerprint density at radius 1 is 1.03 bits per heavy atom. The fraction of sp³-hybridized carbons (Fsp3) is 0.364. The molecular formula is C22H24F3NO5. The van der Waals surface area contributed by atoms with E-state index in [0.29, 0.717) is 5.92 Å². The summed E-state index contributed by atoms with van der Waals surface area (Å²) in [7, 11) is 1.45. The number of anilines is 1. The Hall–Kier alpha value is -3.07. The number of rotatable bonds is 9. The second-order valence-corrected chi connectivity index (χ2v) is 6.95. The number of ether oxygens (including phenoxy) is 3. The van der Waals surface area contributed by atoms with Crippen molar-refractivity contribution < 1.29 is 37.0 Å².